The van der Waals surface area contributed by atoms with Crippen molar-refractivity contribution in [3.8, 4) is 0 Å². The molecule has 0 spiro atoms. The van der Waals surface area contributed by atoms with Crippen LogP contribution in [0.5, 0.6) is 0 Å². The summed E-state index contributed by atoms with van der Waals surface area (Å²) in [6.45, 7) is 0. The Balaban J connectivity index is 2.33. The largest absolute Gasteiger partial charge is 0.278 e. The second kappa shape index (κ2) is 5.71. The van der Waals surface area contributed by atoms with Gasteiger partial charge in [0.15, 0.2) is 0 Å². The van der Waals surface area contributed by atoms with Gasteiger partial charge >= 0.3 is 0 Å². The lowest BCUT2D eigenvalue weighted by Gasteiger charge is -2.09. The molecule has 0 amide bonds. The van der Waals surface area contributed by atoms with Crippen LogP contribution in [-0.4, -0.2) is 8.42 Å². The highest BCUT2D eigenvalue weighted by Gasteiger charge is 2.15. The van der Waals surface area contributed by atoms with Crippen LogP contribution in [0.2, 0.25) is 10.0 Å². The van der Waals surface area contributed by atoms with E-state index in [1.54, 1.807) is 18.2 Å². The van der Waals surface area contributed by atoms with Gasteiger partial charge in [-0.3, -0.25) is 4.72 Å². The molecular formula is C12H8BrCl2NO2S. The average molecular weight is 381 g/mol. The zero-order valence-corrected chi connectivity index (χ0v) is 13.3. The molecule has 2 aromatic carbocycles. The van der Waals surface area contributed by atoms with Crippen LogP contribution in [0.4, 0.5) is 5.69 Å². The van der Waals surface area contributed by atoms with Gasteiger partial charge in [-0.05, 0) is 42.5 Å². The van der Waals surface area contributed by atoms with Crippen LogP contribution >= 0.6 is 39.1 Å². The summed E-state index contributed by atoms with van der Waals surface area (Å²) in [6.07, 6.45) is 0. The van der Waals surface area contributed by atoms with E-state index in [1.165, 1.54) is 24.3 Å². The van der Waals surface area contributed by atoms with Crippen molar-refractivity contribution < 1.29 is 8.42 Å². The molecule has 0 aromatic heterocycles. The molecule has 0 radical (unpaired) electrons. The fourth-order valence-corrected chi connectivity index (χ4v) is 3.25. The fourth-order valence-electron chi connectivity index (χ4n) is 1.39. The van der Waals surface area contributed by atoms with E-state index in [0.717, 1.165) is 4.47 Å². The lowest BCUT2D eigenvalue weighted by atomic mass is 10.3. The predicted molar refractivity (Wildman–Crippen MR) is 81.4 cm³/mol. The summed E-state index contributed by atoms with van der Waals surface area (Å²) < 4.78 is 27.5. The minimum atomic E-state index is -3.66. The lowest BCUT2D eigenvalue weighted by molar-refractivity contribution is 0.601. The Morgan fingerprint density at radius 2 is 1.63 bits per heavy atom. The van der Waals surface area contributed by atoms with Gasteiger partial charge in [0.25, 0.3) is 10.0 Å². The second-order valence-electron chi connectivity index (χ2n) is 3.68. The summed E-state index contributed by atoms with van der Waals surface area (Å²) in [5, 5.41) is 0.685. The highest BCUT2D eigenvalue weighted by Crippen LogP contribution is 2.27. The monoisotopic (exact) mass is 379 g/mol. The fraction of sp³-hybridized carbons (Fsp3) is 0. The van der Waals surface area contributed by atoms with Gasteiger partial charge in [-0.25, -0.2) is 8.42 Å². The number of halogens is 3. The minimum absolute atomic E-state index is 0.154. The number of anilines is 1. The van der Waals surface area contributed by atoms with Crippen molar-refractivity contribution in [1.82, 2.24) is 0 Å². The van der Waals surface area contributed by atoms with Gasteiger partial charge in [0.1, 0.15) is 0 Å². The maximum Gasteiger partial charge on any atom is 0.261 e. The molecule has 0 aliphatic carbocycles. The molecule has 2 aromatic rings. The standard InChI is InChI=1S/C12H8BrCl2NO2S/c13-8-1-4-10(5-2-8)19(17,18)16-12-6-3-9(14)7-11(12)15/h1-7,16H. The molecule has 0 aliphatic rings. The normalized spacial score (nSPS) is 11.3. The number of hydrogen-bond donors (Lipinski definition) is 1. The number of hydrogen-bond acceptors (Lipinski definition) is 2. The van der Waals surface area contributed by atoms with Gasteiger partial charge in [-0.1, -0.05) is 39.1 Å². The summed E-state index contributed by atoms with van der Waals surface area (Å²) in [5.74, 6) is 0. The van der Waals surface area contributed by atoms with Gasteiger partial charge < -0.3 is 0 Å². The molecule has 7 heteroatoms. The van der Waals surface area contributed by atoms with Crippen molar-refractivity contribution in [2.24, 2.45) is 0 Å². The number of benzene rings is 2. The Hall–Kier alpha value is -0.750. The van der Waals surface area contributed by atoms with Gasteiger partial charge in [-0.2, -0.15) is 0 Å². The molecule has 3 nitrogen and oxygen atoms in total. The van der Waals surface area contributed by atoms with Crippen LogP contribution < -0.4 is 4.72 Å². The van der Waals surface area contributed by atoms with Crippen molar-refractivity contribution in [3.63, 3.8) is 0 Å². The molecule has 0 atom stereocenters. The Bertz CT molecular complexity index is 702. The third kappa shape index (κ3) is 3.63. The highest BCUT2D eigenvalue weighted by atomic mass is 79.9. The first-order valence-corrected chi connectivity index (χ1v) is 8.15. The molecule has 0 saturated carbocycles. The summed E-state index contributed by atoms with van der Waals surface area (Å²) in [4.78, 5) is 0.154. The van der Waals surface area contributed by atoms with Gasteiger partial charge in [-0.15, -0.1) is 0 Å². The molecule has 0 heterocycles. The van der Waals surface area contributed by atoms with E-state index in [9.17, 15) is 8.42 Å². The summed E-state index contributed by atoms with van der Waals surface area (Å²) in [5.41, 5.74) is 0.286. The topological polar surface area (TPSA) is 46.2 Å². The van der Waals surface area contributed by atoms with Crippen molar-refractivity contribution >= 4 is 54.8 Å². The van der Waals surface area contributed by atoms with E-state index in [2.05, 4.69) is 20.7 Å². The number of nitrogens with one attached hydrogen (secondary N) is 1. The molecular weight excluding hydrogens is 373 g/mol. The first-order valence-electron chi connectivity index (χ1n) is 5.12. The molecule has 0 saturated heterocycles. The predicted octanol–water partition coefficient (Wildman–Crippen LogP) is 4.56. The summed E-state index contributed by atoms with van der Waals surface area (Å²) in [6, 6.07) is 10.8. The smallest absolute Gasteiger partial charge is 0.261 e. The van der Waals surface area contributed by atoms with Crippen molar-refractivity contribution in [3.05, 3.63) is 57.0 Å². The maximum absolute atomic E-state index is 12.1. The first kappa shape index (κ1) is 14.7. The quantitative estimate of drug-likeness (QED) is 0.848. The third-order valence-electron chi connectivity index (χ3n) is 2.30. The summed E-state index contributed by atoms with van der Waals surface area (Å²) in [7, 11) is -3.66. The minimum Gasteiger partial charge on any atom is -0.278 e. The Morgan fingerprint density at radius 1 is 1.00 bits per heavy atom. The molecule has 2 rings (SSSR count). The van der Waals surface area contributed by atoms with Crippen LogP contribution in [0.1, 0.15) is 0 Å². The van der Waals surface area contributed by atoms with Crippen LogP contribution in [0.3, 0.4) is 0 Å². The maximum atomic E-state index is 12.1. The van der Waals surface area contributed by atoms with Gasteiger partial charge in [0, 0.05) is 9.50 Å². The zero-order chi connectivity index (χ0) is 14.0. The van der Waals surface area contributed by atoms with E-state index < -0.39 is 10.0 Å². The molecule has 0 unspecified atom stereocenters. The first-order chi connectivity index (χ1) is 8.88. The van der Waals surface area contributed by atoms with E-state index >= 15 is 0 Å². The van der Waals surface area contributed by atoms with Crippen LogP contribution in [0.25, 0.3) is 0 Å². The molecule has 0 aliphatic heterocycles. The SMILES string of the molecule is O=S(=O)(Nc1ccc(Cl)cc1Cl)c1ccc(Br)cc1. The Morgan fingerprint density at radius 3 is 2.21 bits per heavy atom. The van der Waals surface area contributed by atoms with Crippen molar-refractivity contribution in [2.75, 3.05) is 4.72 Å². The second-order valence-corrected chi connectivity index (χ2v) is 7.13. The zero-order valence-electron chi connectivity index (χ0n) is 9.40. The molecule has 0 bridgehead atoms. The van der Waals surface area contributed by atoms with E-state index in [-0.39, 0.29) is 15.6 Å². The van der Waals surface area contributed by atoms with E-state index in [0.29, 0.717) is 5.02 Å². The Labute approximate surface area is 129 Å². The third-order valence-corrected chi connectivity index (χ3v) is 4.76. The molecule has 100 valence electrons. The molecule has 19 heavy (non-hydrogen) atoms. The summed E-state index contributed by atoms with van der Waals surface area (Å²) >= 11 is 14.9. The van der Waals surface area contributed by atoms with Crippen LogP contribution in [0.15, 0.2) is 51.8 Å². The van der Waals surface area contributed by atoms with Crippen LogP contribution in [0, 0.1) is 0 Å². The van der Waals surface area contributed by atoms with Gasteiger partial charge in [0.2, 0.25) is 0 Å². The van der Waals surface area contributed by atoms with Crippen LogP contribution in [-0.2, 0) is 10.0 Å². The van der Waals surface area contributed by atoms with Gasteiger partial charge in [0.05, 0.1) is 15.6 Å². The molecule has 0 fully saturated rings. The Kier molecular flexibility index (Phi) is 4.40. The van der Waals surface area contributed by atoms with E-state index in [1.807, 2.05) is 0 Å². The number of rotatable bonds is 3. The average Bonchev–Trinajstić information content (AvgIpc) is 2.33. The number of sulfonamides is 1. The van der Waals surface area contributed by atoms with E-state index in [4.69, 9.17) is 23.2 Å². The lowest BCUT2D eigenvalue weighted by Crippen LogP contribution is -2.13. The highest BCUT2D eigenvalue weighted by molar-refractivity contribution is 9.10. The van der Waals surface area contributed by atoms with Crippen molar-refractivity contribution in [1.29, 1.82) is 0 Å². The van der Waals surface area contributed by atoms with Crippen molar-refractivity contribution in [2.45, 2.75) is 4.90 Å². The molecule has 1 N–H and O–H groups in total.